The van der Waals surface area contributed by atoms with E-state index in [0.717, 1.165) is 24.8 Å². The molecule has 0 aliphatic rings. The van der Waals surface area contributed by atoms with Crippen LogP contribution < -0.4 is 0 Å². The summed E-state index contributed by atoms with van der Waals surface area (Å²) in [5.41, 5.74) is 0.989. The third kappa shape index (κ3) is 17.0. The molecule has 0 fully saturated rings. The second-order valence-electron chi connectivity index (χ2n) is 7.04. The lowest BCUT2D eigenvalue weighted by molar-refractivity contribution is -0.249. The third-order valence-corrected chi connectivity index (χ3v) is 5.61. The zero-order chi connectivity index (χ0) is 24.0. The number of aryl methyl sites for hydroxylation is 1. The first-order chi connectivity index (χ1) is 16.1. The van der Waals surface area contributed by atoms with Crippen molar-refractivity contribution in [2.24, 2.45) is 0 Å². The molecule has 1 rings (SSSR count). The minimum atomic E-state index is -3.73. The highest BCUT2D eigenvalue weighted by Crippen LogP contribution is 2.13. The Kier molecular flexibility index (Phi) is 18.3. The zero-order valence-corrected chi connectivity index (χ0v) is 20.3. The van der Waals surface area contributed by atoms with Crippen molar-refractivity contribution in [2.45, 2.75) is 31.1 Å². The summed E-state index contributed by atoms with van der Waals surface area (Å²) in [4.78, 5) is 4.03. The van der Waals surface area contributed by atoms with Crippen molar-refractivity contribution in [3.8, 4) is 0 Å². The van der Waals surface area contributed by atoms with Crippen molar-refractivity contribution in [3.63, 3.8) is 0 Å². The molecule has 0 aliphatic carbocycles. The van der Waals surface area contributed by atoms with Gasteiger partial charge in [0, 0.05) is 13.2 Å². The van der Waals surface area contributed by atoms with Gasteiger partial charge in [-0.15, -0.1) is 0 Å². The largest absolute Gasteiger partial charge is 0.379 e. The van der Waals surface area contributed by atoms with Gasteiger partial charge in [-0.25, -0.2) is 4.89 Å². The molecule has 10 nitrogen and oxygen atoms in total. The minimum Gasteiger partial charge on any atom is -0.379 e. The predicted molar refractivity (Wildman–Crippen MR) is 121 cm³/mol. The Morgan fingerprint density at radius 2 is 1.03 bits per heavy atom. The summed E-state index contributed by atoms with van der Waals surface area (Å²) in [5.74, 6) is 0. The quantitative estimate of drug-likeness (QED) is 0.105. The Morgan fingerprint density at radius 1 is 0.606 bits per heavy atom. The van der Waals surface area contributed by atoms with E-state index in [1.165, 1.54) is 12.1 Å². The average Bonchev–Trinajstić information content (AvgIpc) is 2.80. The molecule has 11 heteroatoms. The highest BCUT2D eigenvalue weighted by atomic mass is 32.2. The first-order valence-electron chi connectivity index (χ1n) is 11.2. The summed E-state index contributed by atoms with van der Waals surface area (Å²) in [6.07, 6.45) is 2.76. The maximum absolute atomic E-state index is 12.0. The fraction of sp³-hybridized carbons (Fsp3) is 0.727. The smallest absolute Gasteiger partial charge is 0.297 e. The van der Waals surface area contributed by atoms with Crippen molar-refractivity contribution >= 4 is 10.1 Å². The maximum atomic E-state index is 12.0. The van der Waals surface area contributed by atoms with E-state index in [-0.39, 0.29) is 24.7 Å². The van der Waals surface area contributed by atoms with Crippen LogP contribution in [0.1, 0.15) is 24.8 Å². The molecule has 0 spiro atoms. The fourth-order valence-corrected chi connectivity index (χ4v) is 3.41. The van der Waals surface area contributed by atoms with Gasteiger partial charge in [0.25, 0.3) is 10.1 Å². The Balaban J connectivity index is 1.79. The van der Waals surface area contributed by atoms with Gasteiger partial charge in [0.15, 0.2) is 0 Å². The number of rotatable bonds is 23. The summed E-state index contributed by atoms with van der Waals surface area (Å²) in [6.45, 7) is 6.76. The standard InChI is InChI=1S/C22H38O10S/c1-21-5-7-22(8-6-21)33(24,25)32-20-18-27-10-4-2-3-9-26-11-12-28-13-14-29-15-16-30-17-19-31-23/h5-8,23H,2-4,9-20H2,1H3. The second-order valence-corrected chi connectivity index (χ2v) is 8.66. The van der Waals surface area contributed by atoms with E-state index < -0.39 is 10.1 Å². The molecule has 1 aromatic rings. The number of ether oxygens (including phenoxy) is 5. The van der Waals surface area contributed by atoms with Crippen molar-refractivity contribution < 1.29 is 46.4 Å². The minimum absolute atomic E-state index is 0.00179. The van der Waals surface area contributed by atoms with Gasteiger partial charge in [0.2, 0.25) is 0 Å². The molecule has 0 aromatic heterocycles. The van der Waals surface area contributed by atoms with Crippen molar-refractivity contribution in [3.05, 3.63) is 29.8 Å². The molecule has 1 N–H and O–H groups in total. The molecule has 0 bridgehead atoms. The van der Waals surface area contributed by atoms with Crippen LogP contribution >= 0.6 is 0 Å². The first kappa shape index (κ1) is 29.9. The molecular formula is C22H38O10S. The van der Waals surface area contributed by atoms with E-state index >= 15 is 0 Å². The Bertz CT molecular complexity index is 666. The number of benzene rings is 1. The Morgan fingerprint density at radius 3 is 1.52 bits per heavy atom. The lowest BCUT2D eigenvalue weighted by Gasteiger charge is -2.08. The molecule has 1 aromatic carbocycles. The Hall–Kier alpha value is -1.15. The summed E-state index contributed by atoms with van der Waals surface area (Å²) in [7, 11) is -3.73. The molecule has 192 valence electrons. The van der Waals surface area contributed by atoms with E-state index in [2.05, 4.69) is 4.89 Å². The van der Waals surface area contributed by atoms with E-state index in [1.54, 1.807) is 12.1 Å². The van der Waals surface area contributed by atoms with Gasteiger partial charge in [-0.3, -0.25) is 9.44 Å². The van der Waals surface area contributed by atoms with Gasteiger partial charge in [0.1, 0.15) is 6.61 Å². The first-order valence-corrected chi connectivity index (χ1v) is 12.6. The monoisotopic (exact) mass is 494 g/mol. The van der Waals surface area contributed by atoms with Crippen LogP contribution in [0.25, 0.3) is 0 Å². The third-order valence-electron chi connectivity index (χ3n) is 4.29. The molecule has 0 saturated heterocycles. The van der Waals surface area contributed by atoms with Gasteiger partial charge in [-0.05, 0) is 38.3 Å². The van der Waals surface area contributed by atoms with Crippen LogP contribution in [0.3, 0.4) is 0 Å². The Labute approximate surface area is 197 Å². The molecule has 33 heavy (non-hydrogen) atoms. The van der Waals surface area contributed by atoms with E-state index in [0.29, 0.717) is 59.5 Å². The molecular weight excluding hydrogens is 456 g/mol. The van der Waals surface area contributed by atoms with Crippen LogP contribution in [-0.4, -0.2) is 93.0 Å². The van der Waals surface area contributed by atoms with Gasteiger partial charge in [-0.1, -0.05) is 17.7 Å². The van der Waals surface area contributed by atoms with E-state index in [1.807, 2.05) is 6.92 Å². The average molecular weight is 495 g/mol. The SMILES string of the molecule is Cc1ccc(S(=O)(=O)OCCOCCCCCOCCOCCOCCOCCOO)cc1. The number of hydrogen-bond acceptors (Lipinski definition) is 10. The highest BCUT2D eigenvalue weighted by Gasteiger charge is 2.14. The second kappa shape index (κ2) is 20.2. The highest BCUT2D eigenvalue weighted by molar-refractivity contribution is 7.86. The van der Waals surface area contributed by atoms with Crippen LogP contribution in [0, 0.1) is 6.92 Å². The topological polar surface area (TPSA) is 119 Å². The van der Waals surface area contributed by atoms with E-state index in [4.69, 9.17) is 33.1 Å². The van der Waals surface area contributed by atoms with Gasteiger partial charge in [-0.2, -0.15) is 8.42 Å². The lowest BCUT2D eigenvalue weighted by atomic mass is 10.2. The van der Waals surface area contributed by atoms with Gasteiger partial charge < -0.3 is 23.7 Å². The van der Waals surface area contributed by atoms with Gasteiger partial charge in [0.05, 0.1) is 64.4 Å². The summed E-state index contributed by atoms with van der Waals surface area (Å²) >= 11 is 0. The maximum Gasteiger partial charge on any atom is 0.297 e. The molecule has 0 amide bonds. The van der Waals surface area contributed by atoms with Crippen molar-refractivity contribution in [1.29, 1.82) is 0 Å². The van der Waals surface area contributed by atoms with Crippen LogP contribution in [0.4, 0.5) is 0 Å². The molecule has 0 saturated carbocycles. The van der Waals surface area contributed by atoms with Crippen LogP contribution in [-0.2, 0) is 42.9 Å². The lowest BCUT2D eigenvalue weighted by Crippen LogP contribution is -2.13. The number of hydrogen-bond donors (Lipinski definition) is 1. The summed E-state index contributed by atoms with van der Waals surface area (Å²) < 4.78 is 55.8. The van der Waals surface area contributed by atoms with E-state index in [9.17, 15) is 8.42 Å². The normalized spacial score (nSPS) is 11.8. The van der Waals surface area contributed by atoms with Crippen LogP contribution in [0.2, 0.25) is 0 Å². The van der Waals surface area contributed by atoms with Crippen LogP contribution in [0.15, 0.2) is 29.2 Å². The molecule has 0 heterocycles. The van der Waals surface area contributed by atoms with Crippen molar-refractivity contribution in [2.75, 3.05) is 79.3 Å². The predicted octanol–water partition coefficient (Wildman–Crippen LogP) is 2.44. The molecule has 0 aliphatic heterocycles. The molecule has 0 radical (unpaired) electrons. The van der Waals surface area contributed by atoms with Gasteiger partial charge >= 0.3 is 0 Å². The molecule has 0 atom stereocenters. The summed E-state index contributed by atoms with van der Waals surface area (Å²) in [5, 5.41) is 8.11. The van der Waals surface area contributed by atoms with Crippen LogP contribution in [0.5, 0.6) is 0 Å². The zero-order valence-electron chi connectivity index (χ0n) is 19.4. The summed E-state index contributed by atoms with van der Waals surface area (Å²) in [6, 6.07) is 6.54. The fourth-order valence-electron chi connectivity index (χ4n) is 2.52. The molecule has 0 unspecified atom stereocenters. The number of unbranched alkanes of at least 4 members (excludes halogenated alkanes) is 2. The van der Waals surface area contributed by atoms with Crippen molar-refractivity contribution in [1.82, 2.24) is 0 Å².